The highest BCUT2D eigenvalue weighted by molar-refractivity contribution is 8.00. The van der Waals surface area contributed by atoms with E-state index in [1.807, 2.05) is 55.5 Å². The highest BCUT2D eigenvalue weighted by Crippen LogP contribution is 2.69. The van der Waals surface area contributed by atoms with Gasteiger partial charge in [-0.2, -0.15) is 0 Å². The van der Waals surface area contributed by atoms with E-state index < -0.39 is 16.8 Å². The van der Waals surface area contributed by atoms with Gasteiger partial charge in [0.25, 0.3) is 11.6 Å². The van der Waals surface area contributed by atoms with E-state index in [2.05, 4.69) is 10.3 Å². The summed E-state index contributed by atoms with van der Waals surface area (Å²) >= 11 is 2.73. The molecule has 3 amide bonds. The van der Waals surface area contributed by atoms with Crippen molar-refractivity contribution in [2.45, 2.75) is 29.5 Å². The second-order valence-corrected chi connectivity index (χ2v) is 14.6. The van der Waals surface area contributed by atoms with Crippen molar-refractivity contribution in [3.63, 3.8) is 0 Å². The van der Waals surface area contributed by atoms with Gasteiger partial charge in [0.05, 0.1) is 27.5 Å². The zero-order chi connectivity index (χ0) is 32.6. The molecular weight excluding hydrogens is 641 g/mol. The van der Waals surface area contributed by atoms with Gasteiger partial charge in [-0.05, 0) is 60.9 Å². The Morgan fingerprint density at radius 1 is 1.00 bits per heavy atom. The fraction of sp³-hybridized carbons (Fsp3) is 0.294. The second kappa shape index (κ2) is 11.2. The number of benzene rings is 3. The molecular formula is C34H28N4O7S2. The number of imide groups is 1. The molecule has 2 aliphatic carbocycles. The normalized spacial score (nSPS) is 26.9. The van der Waals surface area contributed by atoms with E-state index in [1.54, 1.807) is 11.8 Å². The van der Waals surface area contributed by atoms with Crippen LogP contribution in [0, 0.1) is 46.6 Å². The third-order valence-electron chi connectivity index (χ3n) is 10.1. The van der Waals surface area contributed by atoms with Crippen LogP contribution >= 0.6 is 23.1 Å². The van der Waals surface area contributed by atoms with Crippen LogP contribution < -0.4 is 19.8 Å². The Kier molecular flexibility index (Phi) is 7.06. The molecule has 238 valence electrons. The lowest BCUT2D eigenvalue weighted by Crippen LogP contribution is -2.42. The van der Waals surface area contributed by atoms with Crippen LogP contribution in [-0.4, -0.2) is 39.5 Å². The predicted molar refractivity (Wildman–Crippen MR) is 176 cm³/mol. The molecule has 0 spiro atoms. The first-order chi connectivity index (χ1) is 22.7. The van der Waals surface area contributed by atoms with Crippen molar-refractivity contribution in [3.05, 3.63) is 109 Å². The van der Waals surface area contributed by atoms with Crippen molar-refractivity contribution >= 4 is 57.9 Å². The molecule has 3 aromatic carbocycles. The van der Waals surface area contributed by atoms with Crippen LogP contribution in [0.3, 0.4) is 0 Å². The fourth-order valence-electron chi connectivity index (χ4n) is 8.25. The standard InChI is InChI=1S/C34H28N4O7S2/c1-16-6-2-4-8-22(16)35-24(39)15-45-23-9-5-3-7-19(23)25-26-20-14-21(29(26)46-31-30(25)47-34(42)36-31)28-27(20)32(40)37(33(28)41)17-10-12-18(13-11-17)38(43)44/h2-13,20-21,25-29H,14-15H2,1H3,(H,35,39)(H,36,42)/t20-,21-,25-,26?,27?,28?,29?/m1/s1. The van der Waals surface area contributed by atoms with Gasteiger partial charge in [-0.25, -0.2) is 0 Å². The van der Waals surface area contributed by atoms with E-state index in [0.717, 1.165) is 32.4 Å². The number of nitro benzene ring substituents is 1. The molecule has 4 aliphatic rings. The van der Waals surface area contributed by atoms with Gasteiger partial charge < -0.3 is 15.0 Å². The van der Waals surface area contributed by atoms with Crippen LogP contribution in [0.5, 0.6) is 5.75 Å². The third-order valence-corrected chi connectivity index (χ3v) is 12.7. The number of para-hydroxylation sites is 2. The Bertz CT molecular complexity index is 2020. The molecule has 2 N–H and O–H groups in total. The third kappa shape index (κ3) is 4.70. The number of nitrogens with one attached hydrogen (secondary N) is 2. The summed E-state index contributed by atoms with van der Waals surface area (Å²) in [7, 11) is 0. The number of hydrogen-bond donors (Lipinski definition) is 2. The molecule has 2 saturated carbocycles. The number of thiazole rings is 1. The van der Waals surface area contributed by atoms with Crippen molar-refractivity contribution < 1.29 is 24.0 Å². The summed E-state index contributed by atoms with van der Waals surface area (Å²) in [5.41, 5.74) is 2.68. The number of anilines is 2. The summed E-state index contributed by atoms with van der Waals surface area (Å²) in [4.78, 5) is 69.1. The van der Waals surface area contributed by atoms with Gasteiger partial charge in [-0.1, -0.05) is 47.7 Å². The first-order valence-electron chi connectivity index (χ1n) is 15.3. The summed E-state index contributed by atoms with van der Waals surface area (Å²) in [6, 6.07) is 20.5. The number of nitrogens with zero attached hydrogens (tertiary/aromatic N) is 2. The minimum absolute atomic E-state index is 0.0324. The number of carbonyl (C=O) groups excluding carboxylic acids is 3. The first-order valence-corrected chi connectivity index (χ1v) is 17.0. The quantitative estimate of drug-likeness (QED) is 0.152. The molecule has 3 fully saturated rings. The Morgan fingerprint density at radius 3 is 2.45 bits per heavy atom. The smallest absolute Gasteiger partial charge is 0.305 e. The molecule has 7 atom stereocenters. The maximum Gasteiger partial charge on any atom is 0.305 e. The Morgan fingerprint density at radius 2 is 1.70 bits per heavy atom. The fourth-order valence-corrected chi connectivity index (χ4v) is 11.1. The van der Waals surface area contributed by atoms with E-state index in [0.29, 0.717) is 23.5 Å². The Balaban J connectivity index is 1.12. The number of nitro groups is 1. The number of non-ortho nitro benzene ring substituents is 1. The largest absolute Gasteiger partial charge is 0.483 e. The molecule has 4 unspecified atom stereocenters. The molecule has 1 aromatic heterocycles. The number of fused-ring (bicyclic) bond motifs is 9. The SMILES string of the molecule is Cc1ccccc1NC(=O)COc1ccccc1[C@H]1c2sc(=O)[nH]c2SC2C1[C@H]1C[C@@H]2C2C(=O)N(c3ccc([N+](=O)[O-])cc3)C(=O)C21. The summed E-state index contributed by atoms with van der Waals surface area (Å²) in [5.74, 6) is -1.94. The molecule has 11 nitrogen and oxygen atoms in total. The number of rotatable bonds is 7. The summed E-state index contributed by atoms with van der Waals surface area (Å²) in [6.07, 6.45) is 0.709. The summed E-state index contributed by atoms with van der Waals surface area (Å²) < 4.78 is 6.16. The number of thioether (sulfide) groups is 1. The first kappa shape index (κ1) is 29.6. The van der Waals surface area contributed by atoms with Crippen molar-refractivity contribution in [3.8, 4) is 5.75 Å². The van der Waals surface area contributed by atoms with Gasteiger partial charge in [0.15, 0.2) is 6.61 Å². The second-order valence-electron chi connectivity index (χ2n) is 12.4. The van der Waals surface area contributed by atoms with Crippen molar-refractivity contribution in [2.75, 3.05) is 16.8 Å². The Labute approximate surface area is 276 Å². The van der Waals surface area contributed by atoms with E-state index >= 15 is 0 Å². The number of aromatic amines is 1. The minimum Gasteiger partial charge on any atom is -0.483 e. The van der Waals surface area contributed by atoms with Gasteiger partial charge >= 0.3 is 4.87 Å². The van der Waals surface area contributed by atoms with Gasteiger partial charge in [0.2, 0.25) is 11.8 Å². The van der Waals surface area contributed by atoms with Crippen LogP contribution in [0.2, 0.25) is 0 Å². The van der Waals surface area contributed by atoms with Crippen LogP contribution in [0.25, 0.3) is 0 Å². The molecule has 4 aromatic rings. The zero-order valence-corrected chi connectivity index (χ0v) is 26.6. The number of ether oxygens (including phenoxy) is 1. The zero-order valence-electron chi connectivity index (χ0n) is 25.0. The van der Waals surface area contributed by atoms with Gasteiger partial charge in [-0.3, -0.25) is 34.2 Å². The van der Waals surface area contributed by atoms with Gasteiger partial charge in [0, 0.05) is 39.4 Å². The lowest BCUT2D eigenvalue weighted by molar-refractivity contribution is -0.384. The molecule has 0 radical (unpaired) electrons. The molecule has 8 rings (SSSR count). The number of aryl methyl sites for hydroxylation is 1. The number of carbonyl (C=O) groups is 3. The maximum atomic E-state index is 14.0. The molecule has 13 heteroatoms. The van der Waals surface area contributed by atoms with E-state index in [4.69, 9.17) is 4.74 Å². The highest BCUT2D eigenvalue weighted by Gasteiger charge is 2.69. The summed E-state index contributed by atoms with van der Waals surface area (Å²) in [5, 5.41) is 14.8. The lowest BCUT2D eigenvalue weighted by Gasteiger charge is -2.43. The number of amides is 3. The van der Waals surface area contributed by atoms with Gasteiger partial charge in [0.1, 0.15) is 5.75 Å². The van der Waals surface area contributed by atoms with E-state index in [9.17, 15) is 29.3 Å². The van der Waals surface area contributed by atoms with Crippen LogP contribution in [0.1, 0.15) is 28.3 Å². The molecule has 3 heterocycles. The average molecular weight is 669 g/mol. The van der Waals surface area contributed by atoms with Gasteiger partial charge in [-0.15, -0.1) is 11.8 Å². The topological polar surface area (TPSA) is 152 Å². The average Bonchev–Trinajstić information content (AvgIpc) is 3.80. The van der Waals surface area contributed by atoms with E-state index in [1.165, 1.54) is 29.2 Å². The van der Waals surface area contributed by atoms with Crippen LogP contribution in [0.4, 0.5) is 17.1 Å². The summed E-state index contributed by atoms with van der Waals surface area (Å²) in [6.45, 7) is 1.70. The molecule has 47 heavy (non-hydrogen) atoms. The predicted octanol–water partition coefficient (Wildman–Crippen LogP) is 5.35. The minimum atomic E-state index is -0.530. The Hall–Kier alpha value is -4.75. The monoisotopic (exact) mass is 668 g/mol. The van der Waals surface area contributed by atoms with Crippen molar-refractivity contribution in [1.82, 2.24) is 4.98 Å². The maximum absolute atomic E-state index is 14.0. The molecule has 1 saturated heterocycles. The molecule has 2 aliphatic heterocycles. The van der Waals surface area contributed by atoms with E-state index in [-0.39, 0.29) is 63.8 Å². The van der Waals surface area contributed by atoms with Crippen LogP contribution in [-0.2, 0) is 14.4 Å². The highest BCUT2D eigenvalue weighted by atomic mass is 32.2. The van der Waals surface area contributed by atoms with Crippen LogP contribution in [0.15, 0.2) is 82.6 Å². The number of H-pyrrole nitrogens is 1. The van der Waals surface area contributed by atoms with Crippen molar-refractivity contribution in [1.29, 1.82) is 0 Å². The molecule has 2 bridgehead atoms. The number of hydrogen-bond acceptors (Lipinski definition) is 9. The van der Waals surface area contributed by atoms with Crippen molar-refractivity contribution in [2.24, 2.45) is 29.6 Å². The number of aromatic nitrogens is 1. The lowest BCUT2D eigenvalue weighted by atomic mass is 9.68.